The van der Waals surface area contributed by atoms with Gasteiger partial charge in [0.25, 0.3) is 0 Å². The maximum atomic E-state index is 14.1. The van der Waals surface area contributed by atoms with Gasteiger partial charge in [-0.15, -0.1) is 5.10 Å². The van der Waals surface area contributed by atoms with Crippen molar-refractivity contribution in [2.75, 3.05) is 7.05 Å². The molecule has 0 spiro atoms. The first-order chi connectivity index (χ1) is 13.8. The Kier molecular flexibility index (Phi) is 5.65. The van der Waals surface area contributed by atoms with Crippen LogP contribution < -0.4 is 0 Å². The second-order valence-corrected chi connectivity index (χ2v) is 9.51. The lowest BCUT2D eigenvalue weighted by Crippen LogP contribution is -2.56. The number of aryl methyl sites for hydroxylation is 1. The first-order valence-electron chi connectivity index (χ1n) is 9.20. The molecule has 3 rings (SSSR count). The van der Waals surface area contributed by atoms with Crippen LogP contribution in [0.25, 0.3) is 11.3 Å². The topological polar surface area (TPSA) is 63.2 Å². The molecule has 5 nitrogen and oxygen atoms in total. The van der Waals surface area contributed by atoms with Crippen LogP contribution in [0.1, 0.15) is 37.9 Å². The highest BCUT2D eigenvalue weighted by atomic mass is 32.2. The number of halogens is 5. The highest BCUT2D eigenvalue weighted by molar-refractivity contribution is 7.90. The Morgan fingerprint density at radius 2 is 1.73 bits per heavy atom. The summed E-state index contributed by atoms with van der Waals surface area (Å²) in [4.78, 5) is 0. The molecule has 1 aromatic carbocycles. The van der Waals surface area contributed by atoms with Gasteiger partial charge >= 0.3 is 15.5 Å². The smallest absolute Gasteiger partial charge is 0.206 e. The quantitative estimate of drug-likeness (QED) is 0.650. The summed E-state index contributed by atoms with van der Waals surface area (Å²) in [5.41, 5.74) is -7.10. The largest absolute Gasteiger partial charge is 0.511 e. The van der Waals surface area contributed by atoms with Crippen molar-refractivity contribution in [3.63, 3.8) is 0 Å². The maximum absolute atomic E-state index is 14.1. The normalized spacial score (nSPS) is 19.9. The molecule has 1 aliphatic carbocycles. The van der Waals surface area contributed by atoms with Gasteiger partial charge in [-0.2, -0.15) is 22.6 Å². The van der Waals surface area contributed by atoms with Crippen LogP contribution in [0.2, 0.25) is 0 Å². The molecule has 0 aliphatic heterocycles. The molecule has 1 heterocycles. The van der Waals surface area contributed by atoms with Gasteiger partial charge in [0.05, 0.1) is 22.5 Å². The van der Waals surface area contributed by atoms with Crippen LogP contribution in [0.3, 0.4) is 0 Å². The molecule has 30 heavy (non-hydrogen) atoms. The molecule has 0 radical (unpaired) electrons. The van der Waals surface area contributed by atoms with E-state index < -0.39 is 44.2 Å². The third kappa shape index (κ3) is 3.37. The second-order valence-electron chi connectivity index (χ2n) is 7.55. The Labute approximate surface area is 171 Å². The Balaban J connectivity index is 2.21. The van der Waals surface area contributed by atoms with Crippen molar-refractivity contribution in [2.45, 2.75) is 44.2 Å². The first kappa shape index (κ1) is 22.5. The van der Waals surface area contributed by atoms with Gasteiger partial charge in [0.1, 0.15) is 11.6 Å². The zero-order chi connectivity index (χ0) is 22.5. The number of sulfonamides is 1. The van der Waals surface area contributed by atoms with Crippen LogP contribution in [0.4, 0.5) is 22.0 Å². The van der Waals surface area contributed by atoms with E-state index in [4.69, 9.17) is 0 Å². The molecule has 0 bridgehead atoms. The molecule has 0 unspecified atom stereocenters. The van der Waals surface area contributed by atoms with E-state index in [1.54, 1.807) is 13.8 Å². The second kappa shape index (κ2) is 7.52. The van der Waals surface area contributed by atoms with E-state index in [1.165, 1.54) is 12.1 Å². The lowest BCUT2D eigenvalue weighted by atomic mass is 9.73. The lowest BCUT2D eigenvalue weighted by molar-refractivity contribution is -0.0540. The summed E-state index contributed by atoms with van der Waals surface area (Å²) in [7, 11) is -4.77. The van der Waals surface area contributed by atoms with Gasteiger partial charge in [0.15, 0.2) is 0 Å². The molecule has 0 fully saturated rings. The third-order valence-corrected chi connectivity index (χ3v) is 7.31. The highest BCUT2D eigenvalue weighted by Gasteiger charge is 2.57. The van der Waals surface area contributed by atoms with Crippen molar-refractivity contribution >= 4 is 10.0 Å². The van der Waals surface area contributed by atoms with E-state index >= 15 is 0 Å². The van der Waals surface area contributed by atoms with Crippen LogP contribution in [-0.4, -0.2) is 35.5 Å². The SMILES string of the molecule is CC(C)[C@]1(N(C)S(=O)(=O)C(F)(F)F)CCCc2cc(-c3c(F)cccc3F)nnc21. The molecule has 11 heteroatoms. The Bertz CT molecular complexity index is 1050. The fraction of sp³-hybridized carbons (Fsp3) is 0.474. The molecule has 0 N–H and O–H groups in total. The maximum Gasteiger partial charge on any atom is 0.511 e. The van der Waals surface area contributed by atoms with Gasteiger partial charge in [0.2, 0.25) is 0 Å². The van der Waals surface area contributed by atoms with Gasteiger partial charge in [0, 0.05) is 7.05 Å². The predicted molar refractivity (Wildman–Crippen MR) is 99.6 cm³/mol. The molecule has 1 aliphatic rings. The number of fused-ring (bicyclic) bond motifs is 1. The number of nitrogens with zero attached hydrogens (tertiary/aromatic N) is 3. The zero-order valence-electron chi connectivity index (χ0n) is 16.5. The average Bonchev–Trinajstić information content (AvgIpc) is 2.65. The van der Waals surface area contributed by atoms with Crippen molar-refractivity contribution in [3.05, 3.63) is 47.2 Å². The molecular weight excluding hydrogens is 429 g/mol. The Hall–Kier alpha value is -2.14. The van der Waals surface area contributed by atoms with Crippen molar-refractivity contribution in [1.82, 2.24) is 14.5 Å². The molecule has 1 atom stereocenters. The number of hydrogen-bond acceptors (Lipinski definition) is 4. The highest BCUT2D eigenvalue weighted by Crippen LogP contribution is 2.47. The van der Waals surface area contributed by atoms with Crippen LogP contribution >= 0.6 is 0 Å². The van der Waals surface area contributed by atoms with Gasteiger partial charge < -0.3 is 0 Å². The van der Waals surface area contributed by atoms with Crippen LogP contribution in [0.5, 0.6) is 0 Å². The van der Waals surface area contributed by atoms with Crippen LogP contribution in [0.15, 0.2) is 24.3 Å². The fourth-order valence-electron chi connectivity index (χ4n) is 4.12. The van der Waals surface area contributed by atoms with Gasteiger partial charge in [-0.1, -0.05) is 19.9 Å². The standard InChI is InChI=1S/C19H20F5N3O2S/c1-11(2)18(27(3)30(28,29)19(22,23)24)9-5-6-12-10-15(25-26-17(12)18)16-13(20)7-4-8-14(16)21/h4,7-8,10-11H,5-6,9H2,1-3H3/t18-/m1/s1. The fourth-order valence-corrected chi connectivity index (χ4v) is 5.25. The summed E-state index contributed by atoms with van der Waals surface area (Å²) >= 11 is 0. The van der Waals surface area contributed by atoms with E-state index in [1.807, 2.05) is 0 Å². The summed E-state index contributed by atoms with van der Waals surface area (Å²) in [6.45, 7) is 3.20. The predicted octanol–water partition coefficient (Wildman–Crippen LogP) is 4.39. The molecule has 2 aromatic rings. The molecule has 0 saturated heterocycles. The van der Waals surface area contributed by atoms with E-state index in [0.29, 0.717) is 22.7 Å². The Morgan fingerprint density at radius 1 is 1.13 bits per heavy atom. The van der Waals surface area contributed by atoms with Crippen molar-refractivity contribution < 1.29 is 30.4 Å². The summed E-state index contributed by atoms with van der Waals surface area (Å²) in [6, 6.07) is 4.68. The van der Waals surface area contributed by atoms with E-state index in [9.17, 15) is 30.4 Å². The van der Waals surface area contributed by atoms with Crippen molar-refractivity contribution in [3.8, 4) is 11.3 Å². The molecule has 164 valence electrons. The number of rotatable bonds is 4. The third-order valence-electron chi connectivity index (χ3n) is 5.68. The molecule has 0 saturated carbocycles. The number of aromatic nitrogens is 2. The van der Waals surface area contributed by atoms with Crippen LogP contribution in [0, 0.1) is 17.6 Å². The minimum atomic E-state index is -5.65. The lowest BCUT2D eigenvalue weighted by Gasteiger charge is -2.46. The van der Waals surface area contributed by atoms with Gasteiger partial charge in [-0.3, -0.25) is 0 Å². The summed E-state index contributed by atoms with van der Waals surface area (Å²) in [5, 5.41) is 7.87. The summed E-state index contributed by atoms with van der Waals surface area (Å²) in [6.07, 6.45) is 0.835. The van der Waals surface area contributed by atoms with E-state index in [-0.39, 0.29) is 17.8 Å². The zero-order valence-corrected chi connectivity index (χ0v) is 17.3. The molecular formula is C19H20F5N3O2S. The molecule has 0 amide bonds. The molecule has 1 aromatic heterocycles. The average molecular weight is 449 g/mol. The number of hydrogen-bond donors (Lipinski definition) is 0. The number of benzene rings is 1. The Morgan fingerprint density at radius 3 is 2.27 bits per heavy atom. The minimum Gasteiger partial charge on any atom is -0.206 e. The van der Waals surface area contributed by atoms with E-state index in [0.717, 1.165) is 19.2 Å². The summed E-state index contributed by atoms with van der Waals surface area (Å²) < 4.78 is 92.8. The van der Waals surface area contributed by atoms with Gasteiger partial charge in [-0.05, 0) is 48.9 Å². The van der Waals surface area contributed by atoms with E-state index in [2.05, 4.69) is 10.2 Å². The number of alkyl halides is 3. The first-order valence-corrected chi connectivity index (χ1v) is 10.6. The van der Waals surface area contributed by atoms with Crippen molar-refractivity contribution in [2.24, 2.45) is 5.92 Å². The monoisotopic (exact) mass is 449 g/mol. The van der Waals surface area contributed by atoms with Crippen molar-refractivity contribution in [1.29, 1.82) is 0 Å². The minimum absolute atomic E-state index is 0.0690. The summed E-state index contributed by atoms with van der Waals surface area (Å²) in [5.74, 6) is -2.29. The van der Waals surface area contributed by atoms with Gasteiger partial charge in [-0.25, -0.2) is 17.2 Å². The van der Waals surface area contributed by atoms with Crippen LogP contribution in [-0.2, 0) is 22.0 Å².